The van der Waals surface area contributed by atoms with Crippen molar-refractivity contribution in [3.8, 4) is 11.5 Å². The first-order valence-electron chi connectivity index (χ1n) is 10.5. The van der Waals surface area contributed by atoms with Crippen LogP contribution in [0.5, 0.6) is 11.5 Å². The van der Waals surface area contributed by atoms with E-state index >= 15 is 0 Å². The van der Waals surface area contributed by atoms with Gasteiger partial charge in [-0.2, -0.15) is 8.78 Å². The summed E-state index contributed by atoms with van der Waals surface area (Å²) in [5, 5.41) is 6.48. The van der Waals surface area contributed by atoms with Crippen molar-refractivity contribution < 1.29 is 18.3 Å². The lowest BCUT2D eigenvalue weighted by Gasteiger charge is -2.18. The second kappa shape index (κ2) is 14.8. The zero-order valence-corrected chi connectivity index (χ0v) is 18.1. The highest BCUT2D eigenvalue weighted by atomic mass is 19.3. The van der Waals surface area contributed by atoms with Gasteiger partial charge in [-0.1, -0.05) is 26.0 Å². The van der Waals surface area contributed by atoms with E-state index in [1.54, 1.807) is 25.1 Å². The monoisotopic (exact) mass is 414 g/mol. The largest absolute Gasteiger partial charge is 0.490 e. The van der Waals surface area contributed by atoms with Crippen molar-refractivity contribution >= 4 is 5.96 Å². The number of aliphatic imine (C=N–C) groups is 1. The van der Waals surface area contributed by atoms with Crippen LogP contribution < -0.4 is 20.1 Å². The molecule has 1 aromatic carbocycles. The minimum atomic E-state index is -2.92. The van der Waals surface area contributed by atoms with Crippen LogP contribution in [-0.4, -0.2) is 56.8 Å². The highest BCUT2D eigenvalue weighted by Gasteiger charge is 2.15. The third kappa shape index (κ3) is 9.78. The number of guanidine groups is 1. The third-order valence-corrected chi connectivity index (χ3v) is 4.41. The van der Waals surface area contributed by atoms with E-state index in [0.717, 1.165) is 39.0 Å². The van der Waals surface area contributed by atoms with Gasteiger partial charge in [0.05, 0.1) is 13.2 Å². The Balaban J connectivity index is 2.71. The Kier molecular flexibility index (Phi) is 12.8. The average Bonchev–Trinajstić information content (AvgIpc) is 2.70. The molecule has 0 aromatic heterocycles. The Morgan fingerprint density at radius 2 is 1.86 bits per heavy atom. The van der Waals surface area contributed by atoms with Gasteiger partial charge in [-0.25, -0.2) is 4.99 Å². The quantitative estimate of drug-likeness (QED) is 0.275. The number of halogens is 2. The number of hydrogen-bond acceptors (Lipinski definition) is 4. The van der Waals surface area contributed by atoms with Crippen LogP contribution in [0.4, 0.5) is 8.78 Å². The molecule has 0 aliphatic carbocycles. The van der Waals surface area contributed by atoms with Crippen LogP contribution in [0.15, 0.2) is 23.2 Å². The molecule has 0 bridgehead atoms. The highest BCUT2D eigenvalue weighted by Crippen LogP contribution is 2.33. The molecule has 1 aromatic rings. The number of alkyl halides is 2. The van der Waals surface area contributed by atoms with E-state index in [1.807, 2.05) is 6.92 Å². The lowest BCUT2D eigenvalue weighted by molar-refractivity contribution is -0.0520. The molecule has 0 radical (unpaired) electrons. The Morgan fingerprint density at radius 1 is 1.10 bits per heavy atom. The van der Waals surface area contributed by atoms with Gasteiger partial charge in [0, 0.05) is 18.7 Å². The molecule has 0 saturated heterocycles. The fourth-order valence-corrected chi connectivity index (χ4v) is 2.89. The fraction of sp³-hybridized carbons (Fsp3) is 0.667. The summed E-state index contributed by atoms with van der Waals surface area (Å²) in [5.74, 6) is 0.998. The SMILES string of the molecule is CCNC(=NCc1cccc(OCC)c1OC(F)F)NCCCCN(CC)CC. The molecule has 2 N–H and O–H groups in total. The number of hydrogen-bond donors (Lipinski definition) is 2. The van der Waals surface area contributed by atoms with E-state index in [0.29, 0.717) is 30.4 Å². The molecule has 29 heavy (non-hydrogen) atoms. The molecule has 0 unspecified atom stereocenters. The predicted octanol–water partition coefficient (Wildman–Crippen LogP) is 3.86. The lowest BCUT2D eigenvalue weighted by Crippen LogP contribution is -2.38. The molecular formula is C21H36F2N4O2. The van der Waals surface area contributed by atoms with Gasteiger partial charge in [0.15, 0.2) is 17.5 Å². The molecule has 166 valence electrons. The zero-order chi connectivity index (χ0) is 21.5. The standard InChI is InChI=1S/C21H36F2N4O2/c1-5-24-21(25-14-9-10-15-27(6-2)7-3)26-16-17-12-11-13-18(28-8-4)19(17)29-20(22)23/h11-13,20H,5-10,14-16H2,1-4H3,(H2,24,25,26). The van der Waals surface area contributed by atoms with Crippen molar-refractivity contribution in [1.29, 1.82) is 0 Å². The average molecular weight is 415 g/mol. The van der Waals surface area contributed by atoms with Crippen molar-refractivity contribution in [3.63, 3.8) is 0 Å². The molecule has 8 heteroatoms. The van der Waals surface area contributed by atoms with Crippen LogP contribution in [0.25, 0.3) is 0 Å². The van der Waals surface area contributed by atoms with E-state index in [-0.39, 0.29) is 12.3 Å². The second-order valence-corrected chi connectivity index (χ2v) is 6.41. The van der Waals surface area contributed by atoms with Gasteiger partial charge in [0.1, 0.15) is 0 Å². The molecule has 0 aliphatic heterocycles. The molecule has 0 fully saturated rings. The normalized spacial score (nSPS) is 11.8. The zero-order valence-electron chi connectivity index (χ0n) is 18.1. The van der Waals surface area contributed by atoms with Gasteiger partial charge in [-0.15, -0.1) is 0 Å². The summed E-state index contributed by atoms with van der Waals surface area (Å²) in [6.45, 7) is 10.5. The number of ether oxygens (including phenoxy) is 2. The number of benzene rings is 1. The summed E-state index contributed by atoms with van der Waals surface area (Å²) in [6, 6.07) is 5.09. The Hall–Kier alpha value is -2.09. The van der Waals surface area contributed by atoms with Gasteiger partial charge in [0.2, 0.25) is 0 Å². The molecule has 0 heterocycles. The smallest absolute Gasteiger partial charge is 0.387 e. The van der Waals surface area contributed by atoms with Crippen molar-refractivity contribution in [3.05, 3.63) is 23.8 Å². The van der Waals surface area contributed by atoms with Gasteiger partial charge in [-0.05, 0) is 52.4 Å². The molecule has 0 saturated carbocycles. The van der Waals surface area contributed by atoms with Crippen LogP contribution in [-0.2, 0) is 6.54 Å². The minimum Gasteiger partial charge on any atom is -0.490 e. The van der Waals surface area contributed by atoms with E-state index in [4.69, 9.17) is 9.47 Å². The van der Waals surface area contributed by atoms with E-state index in [1.165, 1.54) is 0 Å². The van der Waals surface area contributed by atoms with Crippen molar-refractivity contribution in [1.82, 2.24) is 15.5 Å². The Bertz CT molecular complexity index is 596. The first-order chi connectivity index (χ1) is 14.0. The van der Waals surface area contributed by atoms with Crippen LogP contribution in [0.1, 0.15) is 46.1 Å². The predicted molar refractivity (Wildman–Crippen MR) is 114 cm³/mol. The molecule has 1 rings (SSSR count). The van der Waals surface area contributed by atoms with Crippen molar-refractivity contribution in [2.45, 2.75) is 53.7 Å². The number of para-hydroxylation sites is 1. The summed E-state index contributed by atoms with van der Waals surface area (Å²) in [4.78, 5) is 6.92. The topological polar surface area (TPSA) is 58.1 Å². The number of rotatable bonds is 14. The fourth-order valence-electron chi connectivity index (χ4n) is 2.89. The van der Waals surface area contributed by atoms with Gasteiger partial charge in [-0.3, -0.25) is 0 Å². The summed E-state index contributed by atoms with van der Waals surface area (Å²) >= 11 is 0. The minimum absolute atomic E-state index is 0.0446. The molecule has 6 nitrogen and oxygen atoms in total. The Morgan fingerprint density at radius 3 is 2.48 bits per heavy atom. The third-order valence-electron chi connectivity index (χ3n) is 4.41. The molecule has 0 atom stereocenters. The second-order valence-electron chi connectivity index (χ2n) is 6.41. The molecule has 0 amide bonds. The van der Waals surface area contributed by atoms with Crippen LogP contribution in [0.2, 0.25) is 0 Å². The first-order valence-corrected chi connectivity index (χ1v) is 10.5. The molecule has 0 spiro atoms. The van der Waals surface area contributed by atoms with Gasteiger partial charge >= 0.3 is 6.61 Å². The maximum Gasteiger partial charge on any atom is 0.387 e. The summed E-state index contributed by atoms with van der Waals surface area (Å²) in [7, 11) is 0. The van der Waals surface area contributed by atoms with Crippen LogP contribution in [0.3, 0.4) is 0 Å². The summed E-state index contributed by atoms with van der Waals surface area (Å²) < 4.78 is 35.8. The molecule has 0 aliphatic rings. The maximum atomic E-state index is 12.8. The highest BCUT2D eigenvalue weighted by molar-refractivity contribution is 5.79. The van der Waals surface area contributed by atoms with Crippen LogP contribution in [0, 0.1) is 0 Å². The van der Waals surface area contributed by atoms with E-state index < -0.39 is 6.61 Å². The summed E-state index contributed by atoms with van der Waals surface area (Å²) in [5.41, 5.74) is 0.551. The van der Waals surface area contributed by atoms with Crippen molar-refractivity contribution in [2.75, 3.05) is 39.3 Å². The number of nitrogens with zero attached hydrogens (tertiary/aromatic N) is 2. The summed E-state index contributed by atoms with van der Waals surface area (Å²) in [6.07, 6.45) is 2.14. The van der Waals surface area contributed by atoms with Crippen LogP contribution >= 0.6 is 0 Å². The Labute approximate surface area is 173 Å². The van der Waals surface area contributed by atoms with E-state index in [2.05, 4.69) is 34.4 Å². The van der Waals surface area contributed by atoms with Gasteiger partial charge in [0.25, 0.3) is 0 Å². The number of unbranched alkanes of at least 4 members (excludes halogenated alkanes) is 1. The molecular weight excluding hydrogens is 378 g/mol. The van der Waals surface area contributed by atoms with Gasteiger partial charge < -0.3 is 25.0 Å². The van der Waals surface area contributed by atoms with Crippen molar-refractivity contribution in [2.24, 2.45) is 4.99 Å². The maximum absolute atomic E-state index is 12.8. The number of nitrogens with one attached hydrogen (secondary N) is 2. The first kappa shape index (κ1) is 24.9. The van der Waals surface area contributed by atoms with E-state index in [9.17, 15) is 8.78 Å². The lowest BCUT2D eigenvalue weighted by atomic mass is 10.2.